The lowest BCUT2D eigenvalue weighted by Crippen LogP contribution is -2.22. The van der Waals surface area contributed by atoms with Gasteiger partial charge in [-0.15, -0.1) is 0 Å². The largest absolute Gasteiger partial charge is 0.380 e. The molecule has 1 fully saturated rings. The van der Waals surface area contributed by atoms with Crippen molar-refractivity contribution in [3.8, 4) is 0 Å². The Morgan fingerprint density at radius 3 is 2.27 bits per heavy atom. The van der Waals surface area contributed by atoms with E-state index in [0.717, 1.165) is 30.8 Å². The maximum absolute atomic E-state index is 12.6. The number of nitrogens with zero attached hydrogens (tertiary/aromatic N) is 1. The van der Waals surface area contributed by atoms with Crippen molar-refractivity contribution < 1.29 is 13.2 Å². The van der Waals surface area contributed by atoms with Gasteiger partial charge < -0.3 is 9.64 Å². The van der Waals surface area contributed by atoms with Gasteiger partial charge in [0.05, 0.1) is 11.0 Å². The Morgan fingerprint density at radius 1 is 1.08 bits per heavy atom. The second-order valence-corrected chi connectivity index (χ2v) is 8.65. The summed E-state index contributed by atoms with van der Waals surface area (Å²) < 4.78 is 33.2. The van der Waals surface area contributed by atoms with Crippen LogP contribution in [0.2, 0.25) is 0 Å². The minimum absolute atomic E-state index is 0.266. The van der Waals surface area contributed by atoms with Crippen LogP contribution in [0.4, 0.5) is 11.4 Å². The molecular formula is C20H26N2O3S. The fourth-order valence-corrected chi connectivity index (χ4v) is 4.20. The van der Waals surface area contributed by atoms with Crippen LogP contribution in [0.3, 0.4) is 0 Å². The summed E-state index contributed by atoms with van der Waals surface area (Å²) >= 11 is 0. The highest BCUT2D eigenvalue weighted by Gasteiger charge is 2.22. The first kappa shape index (κ1) is 18.7. The Balaban J connectivity index is 1.70. The summed E-state index contributed by atoms with van der Waals surface area (Å²) in [5.41, 5.74) is 2.76. The van der Waals surface area contributed by atoms with Gasteiger partial charge in [-0.05, 0) is 54.3 Å². The molecule has 6 heteroatoms. The maximum atomic E-state index is 12.6. The molecule has 3 rings (SSSR count). The van der Waals surface area contributed by atoms with Crippen LogP contribution >= 0.6 is 0 Å². The van der Waals surface area contributed by atoms with Gasteiger partial charge in [-0.25, -0.2) is 8.42 Å². The van der Waals surface area contributed by atoms with Gasteiger partial charge in [0.25, 0.3) is 10.0 Å². The van der Waals surface area contributed by atoms with Gasteiger partial charge in [-0.1, -0.05) is 26.0 Å². The number of benzene rings is 2. The average Bonchev–Trinajstić information content (AvgIpc) is 3.11. The SMILES string of the molecule is COC1CCN(c2ccc(NS(=O)(=O)c3ccc(C(C)C)cc3)cc2)C1. The van der Waals surface area contributed by atoms with Crippen molar-refractivity contribution in [3.63, 3.8) is 0 Å². The van der Waals surface area contributed by atoms with Crippen LogP contribution in [-0.2, 0) is 14.8 Å². The monoisotopic (exact) mass is 374 g/mol. The van der Waals surface area contributed by atoms with Crippen LogP contribution in [-0.4, -0.2) is 34.7 Å². The molecule has 5 nitrogen and oxygen atoms in total. The second kappa shape index (κ2) is 7.68. The minimum atomic E-state index is -3.58. The van der Waals surface area contributed by atoms with Crippen LogP contribution < -0.4 is 9.62 Å². The molecule has 0 radical (unpaired) electrons. The first-order chi connectivity index (χ1) is 12.4. The normalized spacial score (nSPS) is 17.7. The number of methoxy groups -OCH3 is 1. The molecule has 2 aromatic carbocycles. The number of rotatable bonds is 6. The molecule has 0 saturated carbocycles. The van der Waals surface area contributed by atoms with Crippen LogP contribution in [0.25, 0.3) is 0 Å². The first-order valence-electron chi connectivity index (χ1n) is 8.89. The van der Waals surface area contributed by atoms with Gasteiger partial charge in [0.2, 0.25) is 0 Å². The van der Waals surface area contributed by atoms with Gasteiger partial charge in [0.15, 0.2) is 0 Å². The molecular weight excluding hydrogens is 348 g/mol. The van der Waals surface area contributed by atoms with E-state index in [0.29, 0.717) is 11.6 Å². The zero-order valence-electron chi connectivity index (χ0n) is 15.5. The Kier molecular flexibility index (Phi) is 5.53. The highest BCUT2D eigenvalue weighted by atomic mass is 32.2. The van der Waals surface area contributed by atoms with Crippen LogP contribution in [0, 0.1) is 0 Å². The number of anilines is 2. The van der Waals surface area contributed by atoms with Crippen molar-refractivity contribution in [1.29, 1.82) is 0 Å². The van der Waals surface area contributed by atoms with Crippen molar-refractivity contribution >= 4 is 21.4 Å². The van der Waals surface area contributed by atoms with E-state index < -0.39 is 10.0 Å². The highest BCUT2D eigenvalue weighted by Crippen LogP contribution is 2.25. The van der Waals surface area contributed by atoms with Gasteiger partial charge >= 0.3 is 0 Å². The quantitative estimate of drug-likeness (QED) is 0.835. The molecule has 1 unspecified atom stereocenters. The fourth-order valence-electron chi connectivity index (χ4n) is 3.14. The first-order valence-corrected chi connectivity index (χ1v) is 10.4. The van der Waals surface area contributed by atoms with Crippen molar-refractivity contribution in [2.75, 3.05) is 29.8 Å². The van der Waals surface area contributed by atoms with E-state index in [9.17, 15) is 8.42 Å². The lowest BCUT2D eigenvalue weighted by Gasteiger charge is -2.19. The molecule has 0 spiro atoms. The third-order valence-electron chi connectivity index (χ3n) is 4.82. The van der Waals surface area contributed by atoms with Gasteiger partial charge in [0, 0.05) is 31.6 Å². The van der Waals surface area contributed by atoms with Crippen molar-refractivity contribution in [2.24, 2.45) is 0 Å². The molecule has 1 saturated heterocycles. The van der Waals surface area contributed by atoms with Gasteiger partial charge in [-0.3, -0.25) is 4.72 Å². The molecule has 1 aliphatic rings. The summed E-state index contributed by atoms with van der Waals surface area (Å²) in [6, 6.07) is 14.5. The Hall–Kier alpha value is -2.05. The molecule has 1 heterocycles. The smallest absolute Gasteiger partial charge is 0.261 e. The molecule has 0 bridgehead atoms. The number of hydrogen-bond donors (Lipinski definition) is 1. The number of nitrogens with one attached hydrogen (secondary N) is 1. The molecule has 0 aromatic heterocycles. The Morgan fingerprint density at radius 2 is 1.73 bits per heavy atom. The topological polar surface area (TPSA) is 58.6 Å². The van der Waals surface area contributed by atoms with Gasteiger partial charge in [0.1, 0.15) is 0 Å². The predicted octanol–water partition coefficient (Wildman–Crippen LogP) is 3.84. The predicted molar refractivity (Wildman–Crippen MR) is 105 cm³/mol. The molecule has 140 valence electrons. The average molecular weight is 375 g/mol. The van der Waals surface area contributed by atoms with E-state index in [4.69, 9.17) is 4.74 Å². The van der Waals surface area contributed by atoms with E-state index in [2.05, 4.69) is 23.5 Å². The Labute approximate surface area is 156 Å². The summed E-state index contributed by atoms with van der Waals surface area (Å²) in [6.45, 7) is 5.98. The molecule has 26 heavy (non-hydrogen) atoms. The van der Waals surface area contributed by atoms with E-state index in [1.165, 1.54) is 0 Å². The van der Waals surface area contributed by atoms with E-state index in [-0.39, 0.29) is 11.0 Å². The summed E-state index contributed by atoms with van der Waals surface area (Å²) in [5, 5.41) is 0. The lowest BCUT2D eigenvalue weighted by atomic mass is 10.0. The molecule has 1 N–H and O–H groups in total. The van der Waals surface area contributed by atoms with E-state index in [1.54, 1.807) is 31.4 Å². The number of hydrogen-bond acceptors (Lipinski definition) is 4. The van der Waals surface area contributed by atoms with Crippen LogP contribution in [0.15, 0.2) is 53.4 Å². The highest BCUT2D eigenvalue weighted by molar-refractivity contribution is 7.92. The maximum Gasteiger partial charge on any atom is 0.261 e. The molecule has 1 aliphatic heterocycles. The summed E-state index contributed by atoms with van der Waals surface area (Å²) in [7, 11) is -1.85. The number of sulfonamides is 1. The molecule has 0 amide bonds. The van der Waals surface area contributed by atoms with Gasteiger partial charge in [-0.2, -0.15) is 0 Å². The zero-order valence-corrected chi connectivity index (χ0v) is 16.3. The molecule has 1 atom stereocenters. The zero-order chi connectivity index (χ0) is 18.7. The summed E-state index contributed by atoms with van der Waals surface area (Å²) in [6.07, 6.45) is 1.28. The fraction of sp³-hybridized carbons (Fsp3) is 0.400. The third kappa shape index (κ3) is 4.19. The lowest BCUT2D eigenvalue weighted by molar-refractivity contribution is 0.121. The Bertz CT molecular complexity index is 830. The second-order valence-electron chi connectivity index (χ2n) is 6.97. The third-order valence-corrected chi connectivity index (χ3v) is 6.22. The summed E-state index contributed by atoms with van der Waals surface area (Å²) in [5.74, 6) is 0.371. The molecule has 2 aromatic rings. The van der Waals surface area contributed by atoms with Crippen molar-refractivity contribution in [3.05, 3.63) is 54.1 Å². The minimum Gasteiger partial charge on any atom is -0.380 e. The van der Waals surface area contributed by atoms with Crippen LogP contribution in [0.5, 0.6) is 0 Å². The van der Waals surface area contributed by atoms with E-state index in [1.807, 2.05) is 24.3 Å². The standard InChI is InChI=1S/C20H26N2O3S/c1-15(2)16-4-10-20(11-5-16)26(23,24)21-17-6-8-18(9-7-17)22-13-12-19(14-22)25-3/h4-11,15,19,21H,12-14H2,1-3H3. The van der Waals surface area contributed by atoms with E-state index >= 15 is 0 Å². The van der Waals surface area contributed by atoms with Crippen LogP contribution in [0.1, 0.15) is 31.7 Å². The van der Waals surface area contributed by atoms with Crippen molar-refractivity contribution in [1.82, 2.24) is 0 Å². The number of ether oxygens (including phenoxy) is 1. The summed E-state index contributed by atoms with van der Waals surface area (Å²) in [4.78, 5) is 2.52. The molecule has 0 aliphatic carbocycles. The van der Waals surface area contributed by atoms with Crippen molar-refractivity contribution in [2.45, 2.75) is 37.2 Å².